The van der Waals surface area contributed by atoms with Gasteiger partial charge in [0, 0.05) is 16.8 Å². The molecule has 0 aliphatic rings. The van der Waals surface area contributed by atoms with E-state index in [2.05, 4.69) is 10.3 Å². The van der Waals surface area contributed by atoms with Gasteiger partial charge in [-0.2, -0.15) is 0 Å². The Morgan fingerprint density at radius 2 is 1.94 bits per heavy atom. The summed E-state index contributed by atoms with van der Waals surface area (Å²) in [5.41, 5.74) is 7.92. The third-order valence-electron chi connectivity index (χ3n) is 2.43. The first-order valence-electron chi connectivity index (χ1n) is 5.40. The van der Waals surface area contributed by atoms with Gasteiger partial charge in [-0.3, -0.25) is 0 Å². The van der Waals surface area contributed by atoms with Crippen molar-refractivity contribution < 1.29 is 0 Å². The van der Waals surface area contributed by atoms with Crippen molar-refractivity contribution in [2.45, 2.75) is 19.9 Å². The predicted molar refractivity (Wildman–Crippen MR) is 79.8 cm³/mol. The molecule has 3 N–H and O–H groups in total. The molecule has 0 saturated carbocycles. The molecular formula is C12H13Cl2N3S. The summed E-state index contributed by atoms with van der Waals surface area (Å²) in [6.07, 6.45) is 0. The quantitative estimate of drug-likeness (QED) is 0.820. The molecule has 1 aromatic carbocycles. The van der Waals surface area contributed by atoms with Crippen molar-refractivity contribution in [1.82, 2.24) is 4.98 Å². The SMILES string of the molecule is Cc1csc(C(C)Nc2c(Cl)cc(N)cc2Cl)n1. The first kappa shape index (κ1) is 13.5. The average Bonchev–Trinajstić information content (AvgIpc) is 2.70. The van der Waals surface area contributed by atoms with Crippen molar-refractivity contribution in [3.8, 4) is 0 Å². The van der Waals surface area contributed by atoms with Crippen LogP contribution in [0.25, 0.3) is 0 Å². The van der Waals surface area contributed by atoms with Crippen molar-refractivity contribution in [2.75, 3.05) is 11.1 Å². The topological polar surface area (TPSA) is 50.9 Å². The van der Waals surface area contributed by atoms with E-state index in [4.69, 9.17) is 28.9 Å². The lowest BCUT2D eigenvalue weighted by Crippen LogP contribution is -2.07. The third kappa shape index (κ3) is 2.88. The maximum Gasteiger partial charge on any atom is 0.115 e. The van der Waals surface area contributed by atoms with Crippen LogP contribution in [0.3, 0.4) is 0 Å². The molecular weight excluding hydrogens is 289 g/mol. The van der Waals surface area contributed by atoms with E-state index in [9.17, 15) is 0 Å². The van der Waals surface area contributed by atoms with Gasteiger partial charge < -0.3 is 11.1 Å². The van der Waals surface area contributed by atoms with E-state index in [0.29, 0.717) is 21.4 Å². The molecule has 18 heavy (non-hydrogen) atoms. The molecule has 1 heterocycles. The van der Waals surface area contributed by atoms with Crippen LogP contribution in [0.5, 0.6) is 0 Å². The number of halogens is 2. The fourth-order valence-corrected chi connectivity index (χ4v) is 3.00. The highest BCUT2D eigenvalue weighted by atomic mass is 35.5. The molecule has 3 nitrogen and oxygen atoms in total. The molecule has 1 aromatic heterocycles. The predicted octanol–water partition coefficient (Wildman–Crippen LogP) is 4.51. The summed E-state index contributed by atoms with van der Waals surface area (Å²) in [6, 6.07) is 3.40. The van der Waals surface area contributed by atoms with Gasteiger partial charge >= 0.3 is 0 Å². The number of aryl methyl sites for hydroxylation is 1. The summed E-state index contributed by atoms with van der Waals surface area (Å²) < 4.78 is 0. The highest BCUT2D eigenvalue weighted by Crippen LogP contribution is 2.35. The standard InChI is InChI=1S/C12H13Cl2N3S/c1-6-5-18-12(16-6)7(2)17-11-9(13)3-8(15)4-10(11)14/h3-5,7,17H,15H2,1-2H3. The largest absolute Gasteiger partial charge is 0.399 e. The number of nitrogens with two attached hydrogens (primary N) is 1. The van der Waals surface area contributed by atoms with Crippen LogP contribution in [-0.2, 0) is 0 Å². The van der Waals surface area contributed by atoms with Gasteiger partial charge in [0.2, 0.25) is 0 Å². The number of rotatable bonds is 3. The highest BCUT2D eigenvalue weighted by Gasteiger charge is 2.14. The lowest BCUT2D eigenvalue weighted by Gasteiger charge is -2.16. The van der Waals surface area contributed by atoms with Crippen molar-refractivity contribution in [2.24, 2.45) is 0 Å². The summed E-state index contributed by atoms with van der Waals surface area (Å²) in [7, 11) is 0. The van der Waals surface area contributed by atoms with E-state index in [1.54, 1.807) is 23.5 Å². The number of thiazole rings is 1. The number of nitrogens with zero attached hydrogens (tertiary/aromatic N) is 1. The zero-order valence-corrected chi connectivity index (χ0v) is 12.3. The molecule has 1 atom stereocenters. The third-order valence-corrected chi connectivity index (χ3v) is 4.17. The molecule has 0 saturated heterocycles. The number of nitrogen functional groups attached to an aromatic ring is 1. The number of aromatic nitrogens is 1. The fraction of sp³-hybridized carbons (Fsp3) is 0.250. The Kier molecular flexibility index (Phi) is 4.00. The molecule has 0 aliphatic heterocycles. The highest BCUT2D eigenvalue weighted by molar-refractivity contribution is 7.09. The zero-order chi connectivity index (χ0) is 13.3. The first-order chi connectivity index (χ1) is 8.47. The van der Waals surface area contributed by atoms with E-state index in [-0.39, 0.29) is 6.04 Å². The van der Waals surface area contributed by atoms with Gasteiger partial charge in [-0.15, -0.1) is 11.3 Å². The van der Waals surface area contributed by atoms with Crippen LogP contribution in [0.2, 0.25) is 10.0 Å². The number of anilines is 2. The summed E-state index contributed by atoms with van der Waals surface area (Å²) in [6.45, 7) is 3.98. The number of hydrogen-bond acceptors (Lipinski definition) is 4. The average molecular weight is 302 g/mol. The van der Waals surface area contributed by atoms with Crippen LogP contribution >= 0.6 is 34.5 Å². The molecule has 6 heteroatoms. The fourth-order valence-electron chi connectivity index (χ4n) is 1.58. The molecule has 0 amide bonds. The van der Waals surface area contributed by atoms with Crippen LogP contribution < -0.4 is 11.1 Å². The van der Waals surface area contributed by atoms with Gasteiger partial charge in [0.05, 0.1) is 21.8 Å². The van der Waals surface area contributed by atoms with Crippen LogP contribution in [-0.4, -0.2) is 4.98 Å². The van der Waals surface area contributed by atoms with Crippen LogP contribution in [0.1, 0.15) is 23.7 Å². The molecule has 1 unspecified atom stereocenters. The van der Waals surface area contributed by atoms with E-state index in [1.807, 2.05) is 19.2 Å². The Balaban J connectivity index is 2.24. The summed E-state index contributed by atoms with van der Waals surface area (Å²) in [5, 5.41) is 7.30. The molecule has 0 radical (unpaired) electrons. The van der Waals surface area contributed by atoms with Crippen LogP contribution in [0.15, 0.2) is 17.5 Å². The number of nitrogens with one attached hydrogen (secondary N) is 1. The normalized spacial score (nSPS) is 12.4. The monoisotopic (exact) mass is 301 g/mol. The van der Waals surface area contributed by atoms with Crippen molar-refractivity contribution >= 4 is 45.9 Å². The van der Waals surface area contributed by atoms with Crippen LogP contribution in [0, 0.1) is 6.92 Å². The molecule has 96 valence electrons. The van der Waals surface area contributed by atoms with Crippen molar-refractivity contribution in [1.29, 1.82) is 0 Å². The van der Waals surface area contributed by atoms with E-state index in [0.717, 1.165) is 10.7 Å². The van der Waals surface area contributed by atoms with Gasteiger partial charge in [-0.1, -0.05) is 23.2 Å². The first-order valence-corrected chi connectivity index (χ1v) is 7.04. The molecule has 0 aliphatic carbocycles. The smallest absolute Gasteiger partial charge is 0.115 e. The Labute approximate surface area is 120 Å². The number of hydrogen-bond donors (Lipinski definition) is 2. The van der Waals surface area contributed by atoms with Gasteiger partial charge in [0.1, 0.15) is 5.01 Å². The minimum atomic E-state index is 0.0438. The Bertz CT molecular complexity index is 545. The van der Waals surface area contributed by atoms with Crippen LogP contribution in [0.4, 0.5) is 11.4 Å². The van der Waals surface area contributed by atoms with E-state index in [1.165, 1.54) is 0 Å². The summed E-state index contributed by atoms with van der Waals surface area (Å²) in [4.78, 5) is 4.43. The Hall–Kier alpha value is -0.970. The second-order valence-corrected chi connectivity index (χ2v) is 5.76. The second-order valence-electron chi connectivity index (χ2n) is 4.05. The second kappa shape index (κ2) is 5.34. The van der Waals surface area contributed by atoms with Crippen molar-refractivity contribution in [3.63, 3.8) is 0 Å². The van der Waals surface area contributed by atoms with E-state index >= 15 is 0 Å². The molecule has 0 spiro atoms. The molecule has 2 rings (SSSR count). The maximum atomic E-state index is 6.13. The lowest BCUT2D eigenvalue weighted by atomic mass is 10.2. The molecule has 0 bridgehead atoms. The summed E-state index contributed by atoms with van der Waals surface area (Å²) >= 11 is 13.9. The summed E-state index contributed by atoms with van der Waals surface area (Å²) in [5.74, 6) is 0. The van der Waals surface area contributed by atoms with Crippen molar-refractivity contribution in [3.05, 3.63) is 38.3 Å². The minimum absolute atomic E-state index is 0.0438. The lowest BCUT2D eigenvalue weighted by molar-refractivity contribution is 0.864. The molecule has 2 aromatic rings. The minimum Gasteiger partial charge on any atom is -0.399 e. The maximum absolute atomic E-state index is 6.13. The Morgan fingerprint density at radius 3 is 2.44 bits per heavy atom. The van der Waals surface area contributed by atoms with E-state index < -0.39 is 0 Å². The number of benzene rings is 1. The Morgan fingerprint density at radius 1 is 1.33 bits per heavy atom. The van der Waals surface area contributed by atoms with Gasteiger partial charge in [0.15, 0.2) is 0 Å². The van der Waals surface area contributed by atoms with Gasteiger partial charge in [-0.25, -0.2) is 4.98 Å². The van der Waals surface area contributed by atoms with Gasteiger partial charge in [-0.05, 0) is 26.0 Å². The molecule has 0 fully saturated rings. The van der Waals surface area contributed by atoms with Gasteiger partial charge in [0.25, 0.3) is 0 Å². The zero-order valence-electron chi connectivity index (χ0n) is 10.00.